The first kappa shape index (κ1) is 12.1. The Balaban J connectivity index is 0. The summed E-state index contributed by atoms with van der Waals surface area (Å²) in [6.45, 7) is 0.370. The summed E-state index contributed by atoms with van der Waals surface area (Å²) in [5.41, 5.74) is 4.84. The topological polar surface area (TPSA) is 146 Å². The lowest BCUT2D eigenvalue weighted by molar-refractivity contribution is -0.742. The van der Waals surface area contributed by atoms with E-state index in [1.54, 1.807) is 0 Å². The Kier molecular flexibility index (Phi) is 9.30. The summed E-state index contributed by atoms with van der Waals surface area (Å²) in [6, 6.07) is 0. The Morgan fingerprint density at radius 2 is 2.18 bits per heavy atom. The highest BCUT2D eigenvalue weighted by molar-refractivity contribution is 5.74. The molecule has 0 fully saturated rings. The molecule has 11 heavy (non-hydrogen) atoms. The van der Waals surface area contributed by atoms with Crippen LogP contribution in [0.2, 0.25) is 0 Å². The third kappa shape index (κ3) is 59.0. The van der Waals surface area contributed by atoms with Gasteiger partial charge in [0.1, 0.15) is 0 Å². The Bertz CT molecular complexity index is 123. The summed E-state index contributed by atoms with van der Waals surface area (Å²) in [5, 5.41) is 30.7. The van der Waals surface area contributed by atoms with Crippen LogP contribution in [0.15, 0.2) is 0 Å². The van der Waals surface area contributed by atoms with Crippen LogP contribution in [-0.2, 0) is 0 Å². The molecule has 0 rings (SSSR count). The average molecular weight is 166 g/mol. The molecule has 0 spiro atoms. The highest BCUT2D eigenvalue weighted by Gasteiger charge is 1.79. The smallest absolute Gasteiger partial charge is 0.291 e. The minimum absolute atomic E-state index is 0.0135. The minimum Gasteiger partial charge on any atom is -0.395 e. The van der Waals surface area contributed by atoms with Crippen LogP contribution in [0, 0.1) is 15.5 Å². The molecule has 0 aliphatic carbocycles. The Morgan fingerprint density at radius 3 is 2.27 bits per heavy atom. The van der Waals surface area contributed by atoms with E-state index in [9.17, 15) is 0 Å². The number of aliphatic hydroxyl groups excluding tert-OH is 1. The standard InChI is InChI=1S/C3H9N3O.HNO3/c4-3(5)6-1-2-7;2-1(3)4/h7H,1-2H2,(H4,4,5,6);(H,2,3,4). The van der Waals surface area contributed by atoms with Gasteiger partial charge in [-0.05, 0) is 0 Å². The molecular weight excluding hydrogens is 156 g/mol. The summed E-state index contributed by atoms with van der Waals surface area (Å²) in [4.78, 5) is 8.36. The van der Waals surface area contributed by atoms with Crippen molar-refractivity contribution in [2.75, 3.05) is 13.2 Å². The van der Waals surface area contributed by atoms with Crippen LogP contribution >= 0.6 is 0 Å². The van der Waals surface area contributed by atoms with Crippen LogP contribution in [0.25, 0.3) is 0 Å². The molecule has 0 aromatic rings. The predicted octanol–water partition coefficient (Wildman–Crippen LogP) is -1.89. The number of hydrogen-bond acceptors (Lipinski definition) is 4. The fourth-order valence-corrected chi connectivity index (χ4v) is 0.191. The van der Waals surface area contributed by atoms with Crippen molar-refractivity contribution >= 4 is 5.96 Å². The van der Waals surface area contributed by atoms with Gasteiger partial charge in [-0.1, -0.05) is 0 Å². The molecule has 66 valence electrons. The molecule has 8 heteroatoms. The lowest BCUT2D eigenvalue weighted by atomic mass is 10.7. The first-order valence-electron chi connectivity index (χ1n) is 2.52. The largest absolute Gasteiger partial charge is 0.395 e. The van der Waals surface area contributed by atoms with Crippen molar-refractivity contribution in [1.29, 1.82) is 5.41 Å². The van der Waals surface area contributed by atoms with Crippen molar-refractivity contribution in [3.05, 3.63) is 10.1 Å². The van der Waals surface area contributed by atoms with Crippen molar-refractivity contribution in [2.24, 2.45) is 5.73 Å². The monoisotopic (exact) mass is 166 g/mol. The zero-order valence-corrected chi connectivity index (χ0v) is 5.65. The number of guanidine groups is 1. The highest BCUT2D eigenvalue weighted by Crippen LogP contribution is 1.50. The van der Waals surface area contributed by atoms with E-state index in [0.29, 0.717) is 6.54 Å². The van der Waals surface area contributed by atoms with Crippen LogP contribution < -0.4 is 11.1 Å². The van der Waals surface area contributed by atoms with E-state index in [4.69, 9.17) is 31.6 Å². The Morgan fingerprint density at radius 1 is 1.82 bits per heavy atom. The van der Waals surface area contributed by atoms with Gasteiger partial charge in [0, 0.05) is 6.54 Å². The highest BCUT2D eigenvalue weighted by atomic mass is 16.9. The molecular formula is C3H10N4O4. The number of hydrogen-bond donors (Lipinski definition) is 5. The van der Waals surface area contributed by atoms with Gasteiger partial charge in [-0.2, -0.15) is 0 Å². The van der Waals surface area contributed by atoms with Crippen molar-refractivity contribution < 1.29 is 15.4 Å². The van der Waals surface area contributed by atoms with E-state index in [1.807, 2.05) is 0 Å². The van der Waals surface area contributed by atoms with Gasteiger partial charge in [-0.3, -0.25) is 5.41 Å². The van der Waals surface area contributed by atoms with E-state index in [1.165, 1.54) is 0 Å². The van der Waals surface area contributed by atoms with Gasteiger partial charge in [-0.25, -0.2) is 0 Å². The Hall–Kier alpha value is -1.57. The van der Waals surface area contributed by atoms with Gasteiger partial charge in [0.05, 0.1) is 6.61 Å². The van der Waals surface area contributed by atoms with E-state index in [2.05, 4.69) is 5.32 Å². The van der Waals surface area contributed by atoms with Crippen molar-refractivity contribution in [2.45, 2.75) is 0 Å². The number of nitrogens with one attached hydrogen (secondary N) is 2. The predicted molar refractivity (Wildman–Crippen MR) is 35.8 cm³/mol. The molecule has 6 N–H and O–H groups in total. The number of nitrogens with zero attached hydrogens (tertiary/aromatic N) is 1. The molecule has 0 aliphatic rings. The molecule has 0 saturated heterocycles. The SMILES string of the molecule is N=C(N)NCCO.O=[N+]([O-])O. The summed E-state index contributed by atoms with van der Waals surface area (Å²) < 4.78 is 0. The molecule has 0 aromatic carbocycles. The summed E-state index contributed by atoms with van der Waals surface area (Å²) in [5.74, 6) is -0.103. The molecule has 0 aromatic heterocycles. The van der Waals surface area contributed by atoms with Crippen LogP contribution in [0.3, 0.4) is 0 Å². The molecule has 8 nitrogen and oxygen atoms in total. The molecule has 0 radical (unpaired) electrons. The summed E-state index contributed by atoms with van der Waals surface area (Å²) in [7, 11) is 0. The van der Waals surface area contributed by atoms with Gasteiger partial charge in [-0.15, -0.1) is 10.1 Å². The maximum absolute atomic E-state index is 8.36. The quantitative estimate of drug-likeness (QED) is 0.140. The lowest BCUT2D eigenvalue weighted by Gasteiger charge is -1.96. The maximum Gasteiger partial charge on any atom is 0.291 e. The van der Waals surface area contributed by atoms with E-state index < -0.39 is 5.09 Å². The van der Waals surface area contributed by atoms with Crippen molar-refractivity contribution in [3.63, 3.8) is 0 Å². The first-order chi connectivity index (χ1) is 5.00. The second-order valence-electron chi connectivity index (χ2n) is 1.30. The molecule has 0 atom stereocenters. The van der Waals surface area contributed by atoms with Crippen LogP contribution in [0.1, 0.15) is 0 Å². The van der Waals surface area contributed by atoms with Crippen molar-refractivity contribution in [3.8, 4) is 0 Å². The Labute approximate surface area is 62.2 Å². The maximum atomic E-state index is 8.36. The van der Waals surface area contributed by atoms with Gasteiger partial charge in [0.15, 0.2) is 5.96 Å². The summed E-state index contributed by atoms with van der Waals surface area (Å²) in [6.07, 6.45) is 0. The molecule has 0 heterocycles. The van der Waals surface area contributed by atoms with Crippen molar-refractivity contribution in [1.82, 2.24) is 5.32 Å². The molecule has 0 unspecified atom stereocenters. The van der Waals surface area contributed by atoms with Gasteiger partial charge >= 0.3 is 0 Å². The van der Waals surface area contributed by atoms with E-state index in [-0.39, 0.29) is 12.6 Å². The van der Waals surface area contributed by atoms with Gasteiger partial charge < -0.3 is 21.4 Å². The normalized spacial score (nSPS) is 7.36. The third-order valence-electron chi connectivity index (χ3n) is 0.427. The fraction of sp³-hybridized carbons (Fsp3) is 0.667. The zero-order valence-electron chi connectivity index (χ0n) is 5.65. The first-order valence-corrected chi connectivity index (χ1v) is 2.52. The average Bonchev–Trinajstić information content (AvgIpc) is 1.82. The van der Waals surface area contributed by atoms with Gasteiger partial charge in [0.25, 0.3) is 5.09 Å². The molecule has 0 saturated carbocycles. The fourth-order valence-electron chi connectivity index (χ4n) is 0.191. The second-order valence-corrected chi connectivity index (χ2v) is 1.30. The molecule has 0 amide bonds. The summed E-state index contributed by atoms with van der Waals surface area (Å²) >= 11 is 0. The minimum atomic E-state index is -1.50. The number of rotatable bonds is 2. The van der Waals surface area contributed by atoms with Gasteiger partial charge in [0.2, 0.25) is 0 Å². The second kappa shape index (κ2) is 8.43. The van der Waals surface area contributed by atoms with Crippen LogP contribution in [0.4, 0.5) is 0 Å². The number of nitrogens with two attached hydrogens (primary N) is 1. The van der Waals surface area contributed by atoms with E-state index >= 15 is 0 Å². The molecule has 0 bridgehead atoms. The number of aliphatic hydroxyl groups is 1. The van der Waals surface area contributed by atoms with Crippen LogP contribution in [0.5, 0.6) is 0 Å². The molecule has 0 aliphatic heterocycles. The van der Waals surface area contributed by atoms with E-state index in [0.717, 1.165) is 0 Å². The zero-order chi connectivity index (χ0) is 9.28. The lowest BCUT2D eigenvalue weighted by Crippen LogP contribution is -2.32. The third-order valence-corrected chi connectivity index (χ3v) is 0.427. The van der Waals surface area contributed by atoms with Crippen LogP contribution in [-0.4, -0.2) is 34.5 Å².